The summed E-state index contributed by atoms with van der Waals surface area (Å²) < 4.78 is 6.95. The van der Waals surface area contributed by atoms with Crippen LogP contribution in [-0.4, -0.2) is 9.97 Å². The number of nitrogens with zero attached hydrogens (tertiary/aromatic N) is 2. The first-order valence-electron chi connectivity index (χ1n) is 17.5. The van der Waals surface area contributed by atoms with E-state index in [1.54, 1.807) is 0 Å². The largest absolute Gasteiger partial charge is 0.455 e. The molecule has 0 atom stereocenters. The predicted molar refractivity (Wildman–Crippen MR) is 200 cm³/mol. The van der Waals surface area contributed by atoms with Gasteiger partial charge in [-0.25, -0.2) is 9.97 Å². The van der Waals surface area contributed by atoms with Crippen LogP contribution in [0, 0.1) is 0 Å². The van der Waals surface area contributed by atoms with Crippen LogP contribution in [-0.2, 0) is 5.41 Å². The first-order chi connectivity index (χ1) is 24.3. The van der Waals surface area contributed by atoms with Gasteiger partial charge in [0.05, 0.1) is 17.0 Å². The van der Waals surface area contributed by atoms with Gasteiger partial charge in [0.1, 0.15) is 11.2 Å². The van der Waals surface area contributed by atoms with Crippen molar-refractivity contribution in [3.05, 3.63) is 157 Å². The Labute approximate surface area is 285 Å². The normalized spacial score (nSPS) is 14.7. The van der Waals surface area contributed by atoms with Crippen molar-refractivity contribution in [2.24, 2.45) is 0 Å². The molecule has 8 aromatic rings. The van der Waals surface area contributed by atoms with Gasteiger partial charge in [0.2, 0.25) is 0 Å². The van der Waals surface area contributed by atoms with E-state index in [1.807, 2.05) is 12.1 Å². The Kier molecular flexibility index (Phi) is 6.42. The topological polar surface area (TPSA) is 38.9 Å². The standard InChI is InChI=1S/C46H34N2O/c1-4-14-30(15-5-1)41-29-42(31-16-6-2-7-17-31)48-45(47-41)38-22-13-21-37-36-20-12-19-33(43(36)49-44(37)38)32-24-25-35-34-18-8-9-23-39(34)46(40(35)28-32)26-10-3-11-27-46/h1-2,4-9,12-25,28-29H,3,10-11,26-27H2. The maximum atomic E-state index is 6.95. The number of fused-ring (bicyclic) bond motifs is 8. The summed E-state index contributed by atoms with van der Waals surface area (Å²) >= 11 is 0. The van der Waals surface area contributed by atoms with Crippen LogP contribution >= 0.6 is 0 Å². The number of aromatic nitrogens is 2. The van der Waals surface area contributed by atoms with Gasteiger partial charge < -0.3 is 4.42 Å². The van der Waals surface area contributed by atoms with E-state index in [-0.39, 0.29) is 5.41 Å². The van der Waals surface area contributed by atoms with Crippen LogP contribution in [0.5, 0.6) is 0 Å². The molecule has 0 unspecified atom stereocenters. The fraction of sp³-hybridized carbons (Fsp3) is 0.130. The average molecular weight is 631 g/mol. The van der Waals surface area contributed by atoms with Gasteiger partial charge >= 0.3 is 0 Å². The van der Waals surface area contributed by atoms with E-state index in [2.05, 4.69) is 133 Å². The maximum Gasteiger partial charge on any atom is 0.164 e. The van der Waals surface area contributed by atoms with Crippen LogP contribution in [0.1, 0.15) is 43.2 Å². The molecular weight excluding hydrogens is 597 g/mol. The van der Waals surface area contributed by atoms with Crippen molar-refractivity contribution >= 4 is 21.9 Å². The van der Waals surface area contributed by atoms with Crippen molar-refractivity contribution in [3.63, 3.8) is 0 Å². The molecule has 2 heterocycles. The fourth-order valence-corrected chi connectivity index (χ4v) is 8.62. The van der Waals surface area contributed by atoms with Gasteiger partial charge in [0.25, 0.3) is 0 Å². The lowest BCUT2D eigenvalue weighted by atomic mass is 9.67. The van der Waals surface area contributed by atoms with Crippen molar-refractivity contribution < 1.29 is 4.42 Å². The summed E-state index contributed by atoms with van der Waals surface area (Å²) in [6.07, 6.45) is 6.31. The minimum Gasteiger partial charge on any atom is -0.455 e. The molecule has 2 aliphatic carbocycles. The monoisotopic (exact) mass is 630 g/mol. The Morgan fingerprint density at radius 1 is 0.429 bits per heavy atom. The van der Waals surface area contributed by atoms with Crippen LogP contribution in [0.25, 0.3) is 78.1 Å². The van der Waals surface area contributed by atoms with Gasteiger partial charge in [0, 0.05) is 32.9 Å². The highest BCUT2D eigenvalue weighted by Gasteiger charge is 2.43. The van der Waals surface area contributed by atoms with Crippen molar-refractivity contribution in [3.8, 4) is 56.2 Å². The van der Waals surface area contributed by atoms with Crippen molar-refractivity contribution in [2.45, 2.75) is 37.5 Å². The molecule has 1 saturated carbocycles. The third kappa shape index (κ3) is 4.42. The molecule has 0 amide bonds. The van der Waals surface area contributed by atoms with Gasteiger partial charge in [0.15, 0.2) is 5.82 Å². The van der Waals surface area contributed by atoms with Crippen molar-refractivity contribution in [2.75, 3.05) is 0 Å². The molecule has 0 N–H and O–H groups in total. The molecule has 234 valence electrons. The highest BCUT2D eigenvalue weighted by molar-refractivity contribution is 6.12. The lowest BCUT2D eigenvalue weighted by molar-refractivity contribution is 0.353. The van der Waals surface area contributed by atoms with Crippen molar-refractivity contribution in [1.82, 2.24) is 9.97 Å². The average Bonchev–Trinajstić information content (AvgIpc) is 3.69. The van der Waals surface area contributed by atoms with Crippen LogP contribution in [0.4, 0.5) is 0 Å². The summed E-state index contributed by atoms with van der Waals surface area (Å²) in [6.45, 7) is 0. The van der Waals surface area contributed by atoms with Crippen molar-refractivity contribution in [1.29, 1.82) is 0 Å². The second kappa shape index (κ2) is 11.1. The summed E-state index contributed by atoms with van der Waals surface area (Å²) in [5.74, 6) is 0.654. The molecule has 0 bridgehead atoms. The van der Waals surface area contributed by atoms with Crippen LogP contribution in [0.3, 0.4) is 0 Å². The molecular formula is C46H34N2O. The van der Waals surface area contributed by atoms with Gasteiger partial charge in [-0.05, 0) is 58.9 Å². The summed E-state index contributed by atoms with van der Waals surface area (Å²) in [5, 5.41) is 2.18. The predicted octanol–water partition coefficient (Wildman–Crippen LogP) is 12.3. The van der Waals surface area contributed by atoms with E-state index in [0.717, 1.165) is 55.6 Å². The highest BCUT2D eigenvalue weighted by atomic mass is 16.3. The molecule has 0 radical (unpaired) electrons. The third-order valence-electron chi connectivity index (χ3n) is 10.9. The zero-order chi connectivity index (χ0) is 32.4. The molecule has 3 heteroatoms. The Bertz CT molecular complexity index is 2470. The molecule has 3 nitrogen and oxygen atoms in total. The molecule has 2 aliphatic rings. The summed E-state index contributed by atoms with van der Waals surface area (Å²) in [4.78, 5) is 10.3. The molecule has 49 heavy (non-hydrogen) atoms. The van der Waals surface area contributed by atoms with E-state index in [9.17, 15) is 0 Å². The zero-order valence-corrected chi connectivity index (χ0v) is 27.2. The highest BCUT2D eigenvalue weighted by Crippen LogP contribution is 2.56. The number of furan rings is 1. The number of para-hydroxylation sites is 2. The first-order valence-corrected chi connectivity index (χ1v) is 17.5. The molecule has 6 aromatic carbocycles. The maximum absolute atomic E-state index is 6.95. The second-order valence-electron chi connectivity index (χ2n) is 13.6. The smallest absolute Gasteiger partial charge is 0.164 e. The third-order valence-corrected chi connectivity index (χ3v) is 10.9. The SMILES string of the molecule is c1ccc(-c2cc(-c3ccccc3)nc(-c3cccc4c3oc3c(-c5ccc6c(c5)C5(CCCCC5)c5ccccc5-6)cccc34)n2)cc1. The molecule has 1 fully saturated rings. The quantitative estimate of drug-likeness (QED) is 0.194. The summed E-state index contributed by atoms with van der Waals surface area (Å²) in [7, 11) is 0. The molecule has 0 saturated heterocycles. The summed E-state index contributed by atoms with van der Waals surface area (Å²) in [6, 6.07) is 51.9. The number of hydrogen-bond donors (Lipinski definition) is 0. The first kappa shape index (κ1) is 28.2. The lowest BCUT2D eigenvalue weighted by Gasteiger charge is -2.36. The van der Waals surface area contributed by atoms with E-state index >= 15 is 0 Å². The van der Waals surface area contributed by atoms with E-state index in [1.165, 1.54) is 59.9 Å². The lowest BCUT2D eigenvalue weighted by Crippen LogP contribution is -2.28. The zero-order valence-electron chi connectivity index (χ0n) is 27.2. The molecule has 1 spiro atoms. The number of benzene rings is 6. The van der Waals surface area contributed by atoms with E-state index in [4.69, 9.17) is 14.4 Å². The van der Waals surface area contributed by atoms with Crippen LogP contribution in [0.2, 0.25) is 0 Å². The molecule has 10 rings (SSSR count). The van der Waals surface area contributed by atoms with Crippen LogP contribution in [0.15, 0.2) is 150 Å². The fourth-order valence-electron chi connectivity index (χ4n) is 8.62. The summed E-state index contributed by atoms with van der Waals surface area (Å²) in [5.41, 5.74) is 14.7. The second-order valence-corrected chi connectivity index (χ2v) is 13.6. The Balaban J connectivity index is 1.15. The van der Waals surface area contributed by atoms with Gasteiger partial charge in [-0.15, -0.1) is 0 Å². The minimum absolute atomic E-state index is 0.104. The van der Waals surface area contributed by atoms with E-state index in [0.29, 0.717) is 5.82 Å². The Morgan fingerprint density at radius 3 is 1.69 bits per heavy atom. The molecule has 2 aromatic heterocycles. The number of rotatable bonds is 4. The Hall–Kier alpha value is -5.80. The number of hydrogen-bond acceptors (Lipinski definition) is 3. The van der Waals surface area contributed by atoms with E-state index < -0.39 is 0 Å². The van der Waals surface area contributed by atoms with Crippen LogP contribution < -0.4 is 0 Å². The molecule has 0 aliphatic heterocycles. The van der Waals surface area contributed by atoms with Gasteiger partial charge in [-0.1, -0.05) is 147 Å². The van der Waals surface area contributed by atoms with Gasteiger partial charge in [-0.2, -0.15) is 0 Å². The minimum atomic E-state index is 0.104. The Morgan fingerprint density at radius 2 is 1.00 bits per heavy atom. The van der Waals surface area contributed by atoms with Gasteiger partial charge in [-0.3, -0.25) is 0 Å².